The minimum Gasteiger partial charge on any atom is -0.463 e. The Morgan fingerprint density at radius 3 is 2.54 bits per heavy atom. The number of piperidine rings is 1. The normalized spacial score (nSPS) is 22.5. The molecular formula is C34H38F2N8OS. The summed E-state index contributed by atoms with van der Waals surface area (Å²) in [6, 6.07) is 4.90. The van der Waals surface area contributed by atoms with Gasteiger partial charge in [-0.1, -0.05) is 0 Å². The number of aromatic nitrogens is 3. The van der Waals surface area contributed by atoms with Gasteiger partial charge in [0.25, 0.3) is 0 Å². The summed E-state index contributed by atoms with van der Waals surface area (Å²) in [6.45, 7) is 4.56. The number of rotatable bonds is 10. The van der Waals surface area contributed by atoms with Gasteiger partial charge in [0.05, 0.1) is 22.3 Å². The zero-order valence-corrected chi connectivity index (χ0v) is 27.3. The van der Waals surface area contributed by atoms with Crippen LogP contribution < -0.4 is 15.4 Å². The van der Waals surface area contributed by atoms with Crippen molar-refractivity contribution in [2.75, 3.05) is 64.6 Å². The smallest absolute Gasteiger partial charge is 0.319 e. The zero-order chi connectivity index (χ0) is 32.0. The van der Waals surface area contributed by atoms with Gasteiger partial charge in [0.15, 0.2) is 5.82 Å². The molecule has 0 radical (unpaired) electrons. The molecule has 4 aliphatic rings. The van der Waals surface area contributed by atoms with Crippen LogP contribution in [0.25, 0.3) is 32.2 Å². The Kier molecular flexibility index (Phi) is 6.91. The number of likely N-dealkylation sites (tertiary alicyclic amines) is 1. The molecule has 1 aliphatic heterocycles. The van der Waals surface area contributed by atoms with E-state index in [4.69, 9.17) is 15.5 Å². The molecule has 4 fully saturated rings. The van der Waals surface area contributed by atoms with Crippen molar-refractivity contribution in [1.29, 1.82) is 5.26 Å². The predicted molar refractivity (Wildman–Crippen MR) is 176 cm³/mol. The molecule has 2 unspecified atom stereocenters. The van der Waals surface area contributed by atoms with Gasteiger partial charge in [-0.2, -0.15) is 15.2 Å². The van der Waals surface area contributed by atoms with Gasteiger partial charge < -0.3 is 25.2 Å². The minimum absolute atomic E-state index is 0.000245. The van der Waals surface area contributed by atoms with Crippen LogP contribution in [0.5, 0.6) is 6.01 Å². The summed E-state index contributed by atoms with van der Waals surface area (Å²) in [7, 11) is 6.17. The Hall–Kier alpha value is -3.66. The molecule has 3 aliphatic carbocycles. The van der Waals surface area contributed by atoms with Crippen molar-refractivity contribution in [3.05, 3.63) is 35.5 Å². The first-order valence-electron chi connectivity index (χ1n) is 16.1. The molecule has 4 aromatic rings. The molecule has 1 aromatic carbocycles. The number of hydrogen-bond acceptors (Lipinski definition) is 10. The monoisotopic (exact) mass is 644 g/mol. The maximum absolute atomic E-state index is 16.7. The Morgan fingerprint density at radius 1 is 1.13 bits per heavy atom. The van der Waals surface area contributed by atoms with E-state index in [2.05, 4.69) is 44.8 Å². The summed E-state index contributed by atoms with van der Waals surface area (Å²) in [4.78, 5) is 20.9. The number of thiophene rings is 1. The van der Waals surface area contributed by atoms with Crippen LogP contribution in [0.15, 0.2) is 18.3 Å². The van der Waals surface area contributed by atoms with Crippen molar-refractivity contribution in [2.24, 2.45) is 17.3 Å². The molecule has 2 N–H and O–H groups in total. The van der Waals surface area contributed by atoms with Crippen LogP contribution in [-0.4, -0.2) is 84.2 Å². The number of fused-ring (bicyclic) bond motifs is 3. The Balaban J connectivity index is 1.19. The molecule has 8 rings (SSSR count). The van der Waals surface area contributed by atoms with Gasteiger partial charge in [-0.15, -0.1) is 11.3 Å². The van der Waals surface area contributed by atoms with Gasteiger partial charge >= 0.3 is 6.01 Å². The first-order valence-corrected chi connectivity index (χ1v) is 16.9. The molecular weight excluding hydrogens is 606 g/mol. The molecule has 240 valence electrons. The van der Waals surface area contributed by atoms with Crippen LogP contribution in [0.1, 0.15) is 44.1 Å². The van der Waals surface area contributed by atoms with E-state index >= 15 is 4.39 Å². The summed E-state index contributed by atoms with van der Waals surface area (Å²) in [5, 5.41) is 10.7. The van der Waals surface area contributed by atoms with Gasteiger partial charge in [-0.3, -0.25) is 4.98 Å². The van der Waals surface area contributed by atoms with Gasteiger partial charge in [-0.25, -0.2) is 8.78 Å². The standard InChI is InChI=1S/C34H38F2N8OS/c1-42(2)34(7-4-8-34)17-43(3)31-23-13-39-27(21-5-6-24(35)29-25(21)22(12-37)30(38)46-29)26(36)28(23)40-32(41-31)45-18-33(9-10-33)16-44-14-19-11-20(19)15-44/h5-6,13,19-20H,4,7-11,14-18,38H2,1-3H3. The van der Waals surface area contributed by atoms with E-state index in [9.17, 15) is 9.65 Å². The van der Waals surface area contributed by atoms with Crippen molar-refractivity contribution in [3.8, 4) is 23.3 Å². The maximum atomic E-state index is 16.7. The highest BCUT2D eigenvalue weighted by molar-refractivity contribution is 7.23. The van der Waals surface area contributed by atoms with Crippen LogP contribution in [0, 0.1) is 40.2 Å². The molecule has 3 saturated carbocycles. The summed E-state index contributed by atoms with van der Waals surface area (Å²) in [5.74, 6) is 1.11. The number of nitriles is 1. The number of likely N-dealkylation sites (N-methyl/N-ethyl adjacent to an activating group) is 2. The predicted octanol–water partition coefficient (Wildman–Crippen LogP) is 5.67. The summed E-state index contributed by atoms with van der Waals surface area (Å²) >= 11 is 0.971. The fourth-order valence-electron chi connectivity index (χ4n) is 7.75. The SMILES string of the molecule is CN(CC1(N(C)C)CCC1)c1nc(OCC2(CN3CC4CC4C3)CC2)nc2c(F)c(-c3ccc(F)c4sc(N)c(C#N)c34)ncc12. The van der Waals surface area contributed by atoms with Crippen LogP contribution >= 0.6 is 11.3 Å². The molecule has 12 heteroatoms. The highest BCUT2D eigenvalue weighted by Gasteiger charge is 2.51. The lowest BCUT2D eigenvalue weighted by Crippen LogP contribution is -2.56. The van der Waals surface area contributed by atoms with Crippen LogP contribution in [0.4, 0.5) is 19.6 Å². The largest absolute Gasteiger partial charge is 0.463 e. The molecule has 1 saturated heterocycles. The Bertz CT molecular complexity index is 1900. The average Bonchev–Trinajstić information content (AvgIpc) is 3.88. The zero-order valence-electron chi connectivity index (χ0n) is 26.4. The number of pyridine rings is 1. The highest BCUT2D eigenvalue weighted by Crippen LogP contribution is 2.51. The quantitative estimate of drug-likeness (QED) is 0.234. The van der Waals surface area contributed by atoms with Crippen molar-refractivity contribution in [1.82, 2.24) is 24.8 Å². The van der Waals surface area contributed by atoms with E-state index in [0.29, 0.717) is 24.4 Å². The molecule has 0 amide bonds. The maximum Gasteiger partial charge on any atom is 0.319 e. The van der Waals surface area contributed by atoms with E-state index in [0.717, 1.165) is 61.8 Å². The van der Waals surface area contributed by atoms with Crippen molar-refractivity contribution >= 4 is 43.1 Å². The molecule has 0 spiro atoms. The molecule has 2 atom stereocenters. The van der Waals surface area contributed by atoms with Gasteiger partial charge in [0.1, 0.15) is 33.9 Å². The molecule has 4 heterocycles. The highest BCUT2D eigenvalue weighted by atomic mass is 32.1. The van der Waals surface area contributed by atoms with Crippen molar-refractivity contribution in [2.45, 2.75) is 44.1 Å². The van der Waals surface area contributed by atoms with E-state index in [-0.39, 0.29) is 54.4 Å². The Labute approximate surface area is 271 Å². The number of benzene rings is 1. The summed E-state index contributed by atoms with van der Waals surface area (Å²) < 4.78 is 38.1. The fraction of sp³-hybridized carbons (Fsp3) is 0.529. The molecule has 46 heavy (non-hydrogen) atoms. The van der Waals surface area contributed by atoms with Gasteiger partial charge in [0, 0.05) is 61.3 Å². The first-order chi connectivity index (χ1) is 22.1. The number of nitrogens with zero attached hydrogens (tertiary/aromatic N) is 7. The summed E-state index contributed by atoms with van der Waals surface area (Å²) in [5.41, 5.74) is 6.60. The van der Waals surface area contributed by atoms with Crippen LogP contribution in [0.2, 0.25) is 0 Å². The molecule has 3 aromatic heterocycles. The second-order valence-corrected chi connectivity index (χ2v) is 15.4. The van der Waals surface area contributed by atoms with Crippen molar-refractivity contribution in [3.63, 3.8) is 0 Å². The second-order valence-electron chi connectivity index (χ2n) is 14.3. The minimum atomic E-state index is -0.677. The summed E-state index contributed by atoms with van der Waals surface area (Å²) in [6.07, 6.45) is 8.44. The van der Waals surface area contributed by atoms with Crippen LogP contribution in [0.3, 0.4) is 0 Å². The van der Waals surface area contributed by atoms with E-state index in [1.807, 2.05) is 7.05 Å². The van der Waals surface area contributed by atoms with Crippen molar-refractivity contribution < 1.29 is 13.5 Å². The van der Waals surface area contributed by atoms with E-state index in [1.54, 1.807) is 6.20 Å². The number of nitrogens with two attached hydrogens (primary N) is 1. The first kappa shape index (κ1) is 29.7. The number of ether oxygens (including phenoxy) is 1. The molecule has 0 bridgehead atoms. The third-order valence-corrected chi connectivity index (χ3v) is 12.1. The third kappa shape index (κ3) is 4.86. The number of halogens is 2. The fourth-order valence-corrected chi connectivity index (χ4v) is 8.70. The second kappa shape index (κ2) is 10.7. The average molecular weight is 645 g/mol. The van der Waals surface area contributed by atoms with E-state index < -0.39 is 11.6 Å². The lowest BCUT2D eigenvalue weighted by Gasteiger charge is -2.49. The number of anilines is 2. The van der Waals surface area contributed by atoms with Gasteiger partial charge in [-0.05, 0) is 76.6 Å². The molecule has 9 nitrogen and oxygen atoms in total. The topological polar surface area (TPSA) is 107 Å². The third-order valence-electron chi connectivity index (χ3n) is 11.0. The number of hydrogen-bond donors (Lipinski definition) is 1. The van der Waals surface area contributed by atoms with E-state index in [1.165, 1.54) is 31.6 Å². The lowest BCUT2D eigenvalue weighted by molar-refractivity contribution is 0.0682. The lowest BCUT2D eigenvalue weighted by atomic mass is 9.75. The van der Waals surface area contributed by atoms with Crippen LogP contribution in [-0.2, 0) is 0 Å². The number of nitrogen functional groups attached to an aromatic ring is 1. The van der Waals surface area contributed by atoms with Gasteiger partial charge in [0.2, 0.25) is 0 Å². The Morgan fingerprint density at radius 2 is 1.89 bits per heavy atom.